The molecular weight excluding hydrogens is 386 g/mol. The summed E-state index contributed by atoms with van der Waals surface area (Å²) < 4.78 is 5.60. The van der Waals surface area contributed by atoms with E-state index in [0.717, 1.165) is 10.5 Å². The van der Waals surface area contributed by atoms with Gasteiger partial charge in [0, 0.05) is 0 Å². The Labute approximate surface area is 175 Å². The molecule has 0 saturated carbocycles. The van der Waals surface area contributed by atoms with Crippen molar-refractivity contribution in [1.82, 2.24) is 4.90 Å². The summed E-state index contributed by atoms with van der Waals surface area (Å²) in [6.07, 6.45) is 2.26. The maximum atomic E-state index is 13.0. The lowest BCUT2D eigenvalue weighted by Crippen LogP contribution is -2.47. The van der Waals surface area contributed by atoms with Gasteiger partial charge in [-0.1, -0.05) is 32.0 Å². The summed E-state index contributed by atoms with van der Waals surface area (Å²) in [5.74, 6) is -0.0707. The van der Waals surface area contributed by atoms with Gasteiger partial charge in [0.25, 0.3) is 11.8 Å². The number of carbonyl (C=O) groups excluding carboxylic acids is 3. The SMILES string of the molecule is CSCC[C@@H](C(=O)Oc1ccc(C(C)C)c(C)c1)N1C(=O)c2ccccc2C1=O. The van der Waals surface area contributed by atoms with Crippen LogP contribution in [0.3, 0.4) is 0 Å². The van der Waals surface area contributed by atoms with Crippen LogP contribution in [0.2, 0.25) is 0 Å². The van der Waals surface area contributed by atoms with Crippen LogP contribution in [0.5, 0.6) is 5.75 Å². The van der Waals surface area contributed by atoms with Crippen molar-refractivity contribution >= 4 is 29.5 Å². The molecule has 0 N–H and O–H groups in total. The summed E-state index contributed by atoms with van der Waals surface area (Å²) in [6.45, 7) is 6.19. The summed E-state index contributed by atoms with van der Waals surface area (Å²) in [6, 6.07) is 11.2. The monoisotopic (exact) mass is 411 g/mol. The number of thioether (sulfide) groups is 1. The molecule has 1 heterocycles. The normalized spacial score (nSPS) is 14.3. The Morgan fingerprint density at radius 3 is 2.21 bits per heavy atom. The lowest BCUT2D eigenvalue weighted by molar-refractivity contribution is -0.138. The van der Waals surface area contributed by atoms with Gasteiger partial charge in [0.1, 0.15) is 11.8 Å². The van der Waals surface area contributed by atoms with Gasteiger partial charge in [0.15, 0.2) is 0 Å². The van der Waals surface area contributed by atoms with Crippen molar-refractivity contribution in [1.29, 1.82) is 0 Å². The first-order chi connectivity index (χ1) is 13.8. The second-order valence-electron chi connectivity index (χ2n) is 7.42. The molecule has 0 fully saturated rings. The first-order valence-corrected chi connectivity index (χ1v) is 11.0. The largest absolute Gasteiger partial charge is 0.425 e. The minimum Gasteiger partial charge on any atom is -0.425 e. The standard InChI is InChI=1S/C23H25NO4S/c1-14(2)17-10-9-16(13-15(17)3)28-23(27)20(11-12-29-4)24-21(25)18-7-5-6-8-19(18)22(24)26/h5-10,13-14,20H,11-12H2,1-4H3/t20-/m0/s1. The second kappa shape index (κ2) is 8.82. The van der Waals surface area contributed by atoms with Crippen LogP contribution in [0.15, 0.2) is 42.5 Å². The zero-order valence-corrected chi connectivity index (χ0v) is 17.9. The third kappa shape index (κ3) is 4.22. The van der Waals surface area contributed by atoms with E-state index in [2.05, 4.69) is 13.8 Å². The highest BCUT2D eigenvalue weighted by Crippen LogP contribution is 2.28. The lowest BCUT2D eigenvalue weighted by atomic mass is 9.98. The number of hydrogen-bond acceptors (Lipinski definition) is 5. The van der Waals surface area contributed by atoms with Gasteiger partial charge in [0.2, 0.25) is 0 Å². The van der Waals surface area contributed by atoms with Gasteiger partial charge in [-0.05, 0) is 66.7 Å². The van der Waals surface area contributed by atoms with Crippen molar-refractivity contribution in [3.63, 3.8) is 0 Å². The van der Waals surface area contributed by atoms with Crippen molar-refractivity contribution in [2.45, 2.75) is 39.2 Å². The van der Waals surface area contributed by atoms with Crippen molar-refractivity contribution < 1.29 is 19.1 Å². The van der Waals surface area contributed by atoms with E-state index in [9.17, 15) is 14.4 Å². The Bertz CT molecular complexity index is 919. The van der Waals surface area contributed by atoms with Crippen LogP contribution < -0.4 is 4.74 Å². The third-order valence-corrected chi connectivity index (χ3v) is 5.73. The summed E-state index contributed by atoms with van der Waals surface area (Å²) in [5.41, 5.74) is 2.88. The Balaban J connectivity index is 1.86. The molecule has 0 aromatic heterocycles. The Morgan fingerprint density at radius 1 is 1.07 bits per heavy atom. The Morgan fingerprint density at radius 2 is 1.69 bits per heavy atom. The van der Waals surface area contributed by atoms with E-state index < -0.39 is 23.8 Å². The Kier molecular flexibility index (Phi) is 6.42. The molecule has 1 aliphatic heterocycles. The molecule has 2 amide bonds. The molecule has 2 aromatic rings. The highest BCUT2D eigenvalue weighted by molar-refractivity contribution is 7.98. The first kappa shape index (κ1) is 21.1. The van der Waals surface area contributed by atoms with E-state index in [0.29, 0.717) is 35.0 Å². The number of carbonyl (C=O) groups is 3. The quantitative estimate of drug-likeness (QED) is 0.383. The van der Waals surface area contributed by atoms with Gasteiger partial charge in [-0.15, -0.1) is 0 Å². The molecule has 29 heavy (non-hydrogen) atoms. The molecule has 3 rings (SSSR count). The van der Waals surface area contributed by atoms with Gasteiger partial charge in [-0.25, -0.2) is 4.79 Å². The molecular formula is C23H25NO4S. The zero-order chi connectivity index (χ0) is 21.1. The maximum absolute atomic E-state index is 13.0. The van der Waals surface area contributed by atoms with Crippen LogP contribution in [0.1, 0.15) is 58.0 Å². The number of nitrogens with zero attached hydrogens (tertiary/aromatic N) is 1. The summed E-state index contributed by atoms with van der Waals surface area (Å²) in [7, 11) is 0. The molecule has 5 nitrogen and oxygen atoms in total. The number of ether oxygens (including phenoxy) is 1. The molecule has 0 unspecified atom stereocenters. The fourth-order valence-corrected chi connectivity index (χ4v) is 4.08. The molecule has 152 valence electrons. The van der Waals surface area contributed by atoms with Gasteiger partial charge >= 0.3 is 5.97 Å². The second-order valence-corrected chi connectivity index (χ2v) is 8.40. The highest BCUT2D eigenvalue weighted by Gasteiger charge is 2.43. The predicted octanol–water partition coefficient (Wildman–Crippen LogP) is 4.44. The van der Waals surface area contributed by atoms with E-state index in [1.807, 2.05) is 25.3 Å². The smallest absolute Gasteiger partial charge is 0.334 e. The average molecular weight is 412 g/mol. The molecule has 6 heteroatoms. The van der Waals surface area contributed by atoms with Crippen LogP contribution in [0.4, 0.5) is 0 Å². The lowest BCUT2D eigenvalue weighted by Gasteiger charge is -2.24. The van der Waals surface area contributed by atoms with Gasteiger partial charge in [0.05, 0.1) is 11.1 Å². The summed E-state index contributed by atoms with van der Waals surface area (Å²) in [5, 5.41) is 0. The number of hydrogen-bond donors (Lipinski definition) is 0. The molecule has 1 aliphatic rings. The number of esters is 1. The predicted molar refractivity (Wildman–Crippen MR) is 115 cm³/mol. The summed E-state index contributed by atoms with van der Waals surface area (Å²) >= 11 is 1.55. The van der Waals surface area contributed by atoms with Gasteiger partial charge in [-0.3, -0.25) is 14.5 Å². The van der Waals surface area contributed by atoms with Crippen molar-refractivity contribution in [3.8, 4) is 5.75 Å². The van der Waals surface area contributed by atoms with E-state index >= 15 is 0 Å². The summed E-state index contributed by atoms with van der Waals surface area (Å²) in [4.78, 5) is 39.7. The molecule has 0 saturated heterocycles. The van der Waals surface area contributed by atoms with Crippen LogP contribution in [0, 0.1) is 6.92 Å². The number of amides is 2. The minimum absolute atomic E-state index is 0.330. The fourth-order valence-electron chi connectivity index (χ4n) is 3.62. The number of benzene rings is 2. The topological polar surface area (TPSA) is 63.7 Å². The molecule has 2 aromatic carbocycles. The number of fused-ring (bicyclic) bond motifs is 1. The number of aryl methyl sites for hydroxylation is 1. The number of imide groups is 1. The molecule has 0 spiro atoms. The molecule has 0 bridgehead atoms. The highest BCUT2D eigenvalue weighted by atomic mass is 32.2. The molecule has 0 aliphatic carbocycles. The fraction of sp³-hybridized carbons (Fsp3) is 0.348. The minimum atomic E-state index is -0.958. The average Bonchev–Trinajstić information content (AvgIpc) is 2.93. The van der Waals surface area contributed by atoms with Crippen molar-refractivity contribution in [2.24, 2.45) is 0 Å². The maximum Gasteiger partial charge on any atom is 0.334 e. The molecule has 1 atom stereocenters. The first-order valence-electron chi connectivity index (χ1n) is 9.63. The van der Waals surface area contributed by atoms with E-state index in [-0.39, 0.29) is 0 Å². The van der Waals surface area contributed by atoms with Gasteiger partial charge in [-0.2, -0.15) is 11.8 Å². The van der Waals surface area contributed by atoms with Crippen molar-refractivity contribution in [2.75, 3.05) is 12.0 Å². The zero-order valence-electron chi connectivity index (χ0n) is 17.1. The van der Waals surface area contributed by atoms with Crippen LogP contribution in [0.25, 0.3) is 0 Å². The third-order valence-electron chi connectivity index (χ3n) is 5.09. The van der Waals surface area contributed by atoms with E-state index in [1.54, 1.807) is 42.1 Å². The van der Waals surface area contributed by atoms with Crippen molar-refractivity contribution in [3.05, 3.63) is 64.7 Å². The van der Waals surface area contributed by atoms with Crippen LogP contribution >= 0.6 is 11.8 Å². The van der Waals surface area contributed by atoms with Gasteiger partial charge < -0.3 is 4.74 Å². The van der Waals surface area contributed by atoms with Crippen LogP contribution in [-0.4, -0.2) is 40.7 Å². The molecule has 0 radical (unpaired) electrons. The van der Waals surface area contributed by atoms with E-state index in [4.69, 9.17) is 4.74 Å². The van der Waals surface area contributed by atoms with Crippen LogP contribution in [-0.2, 0) is 4.79 Å². The number of rotatable bonds is 7. The Hall–Kier alpha value is -2.60. The van der Waals surface area contributed by atoms with E-state index in [1.165, 1.54) is 5.56 Å².